The third-order valence-corrected chi connectivity index (χ3v) is 3.87. The lowest BCUT2D eigenvalue weighted by atomic mass is 9.69. The molecule has 0 unspecified atom stereocenters. The number of hydrogen-bond acceptors (Lipinski definition) is 0. The minimum atomic E-state index is 0.248. The number of halogens is 1. The van der Waals surface area contributed by atoms with E-state index < -0.39 is 0 Å². The second-order valence-electron chi connectivity index (χ2n) is 4.73. The van der Waals surface area contributed by atoms with Gasteiger partial charge in [0, 0.05) is 10.4 Å². The Labute approximate surface area is 103 Å². The molecule has 0 atom stereocenters. The number of hydrogen-bond donors (Lipinski definition) is 0. The molecule has 0 radical (unpaired) electrons. The molecule has 0 spiro atoms. The average Bonchev–Trinajstić information content (AvgIpc) is 2.31. The maximum Gasteiger partial charge on any atom is 0.0409 e. The van der Waals surface area contributed by atoms with Crippen LogP contribution in [0.1, 0.15) is 44.6 Å². The molecule has 1 aliphatic rings. The van der Waals surface area contributed by atoms with Gasteiger partial charge < -0.3 is 0 Å². The highest BCUT2D eigenvalue weighted by atomic mass is 35.5. The Bertz CT molecular complexity index is 373. The van der Waals surface area contributed by atoms with Crippen LogP contribution < -0.4 is 0 Å². The minimum absolute atomic E-state index is 0.248. The van der Waals surface area contributed by atoms with Gasteiger partial charge in [0.15, 0.2) is 0 Å². The highest BCUT2D eigenvalue weighted by molar-refractivity contribution is 6.30. The fraction of sp³-hybridized carbons (Fsp3) is 0.467. The molecule has 0 amide bonds. The third-order valence-electron chi connectivity index (χ3n) is 3.63. The quantitative estimate of drug-likeness (QED) is 0.624. The van der Waals surface area contributed by atoms with Crippen molar-refractivity contribution in [2.75, 3.05) is 0 Å². The zero-order valence-electron chi connectivity index (χ0n) is 9.88. The summed E-state index contributed by atoms with van der Waals surface area (Å²) >= 11 is 6.10. The lowest BCUT2D eigenvalue weighted by Crippen LogP contribution is -2.26. The molecule has 16 heavy (non-hydrogen) atoms. The van der Waals surface area contributed by atoms with E-state index in [0.717, 1.165) is 5.02 Å². The first kappa shape index (κ1) is 11.7. The van der Waals surface area contributed by atoms with Crippen LogP contribution in [0.2, 0.25) is 5.02 Å². The molecule has 1 aromatic carbocycles. The van der Waals surface area contributed by atoms with E-state index in [9.17, 15) is 0 Å². The molecule has 1 aromatic rings. The SMILES string of the molecule is C/C=C/C1(c2cccc(Cl)c2)CCCCC1. The van der Waals surface area contributed by atoms with Crippen molar-refractivity contribution in [1.29, 1.82) is 0 Å². The molecule has 0 N–H and O–H groups in total. The summed E-state index contributed by atoms with van der Waals surface area (Å²) in [6.07, 6.45) is 11.1. The highest BCUT2D eigenvalue weighted by Crippen LogP contribution is 2.41. The first-order chi connectivity index (χ1) is 7.77. The van der Waals surface area contributed by atoms with Crippen LogP contribution >= 0.6 is 11.6 Å². The maximum atomic E-state index is 6.10. The van der Waals surface area contributed by atoms with E-state index in [-0.39, 0.29) is 5.41 Å². The summed E-state index contributed by atoms with van der Waals surface area (Å²) in [5, 5.41) is 0.854. The molecule has 1 heteroatoms. The van der Waals surface area contributed by atoms with Gasteiger partial charge in [0.25, 0.3) is 0 Å². The van der Waals surface area contributed by atoms with Crippen LogP contribution in [-0.4, -0.2) is 0 Å². The zero-order valence-corrected chi connectivity index (χ0v) is 10.6. The Morgan fingerprint density at radius 3 is 2.56 bits per heavy atom. The Hall–Kier alpha value is -0.750. The van der Waals surface area contributed by atoms with E-state index in [2.05, 4.69) is 37.3 Å². The summed E-state index contributed by atoms with van der Waals surface area (Å²) in [5.74, 6) is 0. The van der Waals surface area contributed by atoms with Crippen molar-refractivity contribution >= 4 is 11.6 Å². The molecule has 0 aliphatic heterocycles. The maximum absolute atomic E-state index is 6.10. The summed E-state index contributed by atoms with van der Waals surface area (Å²) in [5.41, 5.74) is 1.63. The molecule has 2 rings (SSSR count). The third kappa shape index (κ3) is 2.32. The number of rotatable bonds is 2. The smallest absolute Gasteiger partial charge is 0.0409 e. The molecule has 0 aromatic heterocycles. The van der Waals surface area contributed by atoms with Crippen molar-refractivity contribution in [2.45, 2.75) is 44.4 Å². The van der Waals surface area contributed by atoms with Gasteiger partial charge >= 0.3 is 0 Å². The first-order valence-electron chi connectivity index (χ1n) is 6.17. The number of allylic oxidation sites excluding steroid dienone is 2. The van der Waals surface area contributed by atoms with Crippen molar-refractivity contribution in [3.8, 4) is 0 Å². The summed E-state index contributed by atoms with van der Waals surface area (Å²) in [6, 6.07) is 8.37. The topological polar surface area (TPSA) is 0 Å². The highest BCUT2D eigenvalue weighted by Gasteiger charge is 2.30. The van der Waals surface area contributed by atoms with Crippen LogP contribution in [0.25, 0.3) is 0 Å². The van der Waals surface area contributed by atoms with E-state index in [0.29, 0.717) is 0 Å². The zero-order chi connectivity index (χ0) is 11.4. The Morgan fingerprint density at radius 1 is 1.19 bits per heavy atom. The van der Waals surface area contributed by atoms with Crippen molar-refractivity contribution in [1.82, 2.24) is 0 Å². The Kier molecular flexibility index (Phi) is 3.70. The van der Waals surface area contributed by atoms with E-state index in [1.54, 1.807) is 0 Å². The van der Waals surface area contributed by atoms with E-state index in [1.807, 2.05) is 6.07 Å². The Morgan fingerprint density at radius 2 is 1.94 bits per heavy atom. The second-order valence-corrected chi connectivity index (χ2v) is 5.16. The molecular weight excluding hydrogens is 216 g/mol. The van der Waals surface area contributed by atoms with Gasteiger partial charge in [0.05, 0.1) is 0 Å². The monoisotopic (exact) mass is 234 g/mol. The Balaban J connectivity index is 2.38. The van der Waals surface area contributed by atoms with Gasteiger partial charge in [0.1, 0.15) is 0 Å². The molecule has 1 aliphatic carbocycles. The summed E-state index contributed by atoms with van der Waals surface area (Å²) < 4.78 is 0. The molecular formula is C15H19Cl. The van der Waals surface area contributed by atoms with Gasteiger partial charge in [-0.25, -0.2) is 0 Å². The molecule has 0 nitrogen and oxygen atoms in total. The fourth-order valence-corrected chi connectivity index (χ4v) is 3.04. The van der Waals surface area contributed by atoms with Gasteiger partial charge in [0.2, 0.25) is 0 Å². The van der Waals surface area contributed by atoms with Crippen LogP contribution in [0.5, 0.6) is 0 Å². The van der Waals surface area contributed by atoms with E-state index in [4.69, 9.17) is 11.6 Å². The standard InChI is InChI=1S/C15H19Cl/c1-2-9-15(10-4-3-5-11-15)13-7-6-8-14(16)12-13/h2,6-9,12H,3-5,10-11H2,1H3/b9-2+. The van der Waals surface area contributed by atoms with Gasteiger partial charge in [-0.2, -0.15) is 0 Å². The van der Waals surface area contributed by atoms with Gasteiger partial charge in [-0.05, 0) is 37.5 Å². The van der Waals surface area contributed by atoms with Crippen molar-refractivity contribution in [2.24, 2.45) is 0 Å². The fourth-order valence-electron chi connectivity index (χ4n) is 2.85. The predicted molar refractivity (Wildman–Crippen MR) is 71.0 cm³/mol. The summed E-state index contributed by atoms with van der Waals surface area (Å²) in [4.78, 5) is 0. The lowest BCUT2D eigenvalue weighted by Gasteiger charge is -2.35. The minimum Gasteiger partial charge on any atom is -0.0908 e. The normalized spacial score (nSPS) is 20.1. The molecule has 1 saturated carbocycles. The van der Waals surface area contributed by atoms with Crippen LogP contribution in [0.4, 0.5) is 0 Å². The van der Waals surface area contributed by atoms with Crippen molar-refractivity contribution in [3.05, 3.63) is 47.0 Å². The largest absolute Gasteiger partial charge is 0.0908 e. The molecule has 86 valence electrons. The van der Waals surface area contributed by atoms with Gasteiger partial charge in [-0.15, -0.1) is 0 Å². The first-order valence-corrected chi connectivity index (χ1v) is 6.54. The molecule has 0 saturated heterocycles. The number of benzene rings is 1. The molecule has 1 fully saturated rings. The lowest BCUT2D eigenvalue weighted by molar-refractivity contribution is 0.357. The molecule has 0 bridgehead atoms. The van der Waals surface area contributed by atoms with Crippen molar-refractivity contribution < 1.29 is 0 Å². The van der Waals surface area contributed by atoms with Crippen LogP contribution in [0.15, 0.2) is 36.4 Å². The van der Waals surface area contributed by atoms with Crippen LogP contribution in [0, 0.1) is 0 Å². The summed E-state index contributed by atoms with van der Waals surface area (Å²) in [7, 11) is 0. The van der Waals surface area contributed by atoms with Gasteiger partial charge in [-0.1, -0.05) is 55.1 Å². The average molecular weight is 235 g/mol. The van der Waals surface area contributed by atoms with E-state index in [1.165, 1.54) is 37.7 Å². The van der Waals surface area contributed by atoms with Gasteiger partial charge in [-0.3, -0.25) is 0 Å². The second kappa shape index (κ2) is 5.05. The van der Waals surface area contributed by atoms with E-state index >= 15 is 0 Å². The van der Waals surface area contributed by atoms with Crippen LogP contribution in [0.3, 0.4) is 0 Å². The molecule has 0 heterocycles. The van der Waals surface area contributed by atoms with Crippen molar-refractivity contribution in [3.63, 3.8) is 0 Å². The predicted octanol–water partition coefficient (Wildman–Crippen LogP) is 5.12. The van der Waals surface area contributed by atoms with Crippen LogP contribution in [-0.2, 0) is 5.41 Å². The summed E-state index contributed by atoms with van der Waals surface area (Å²) in [6.45, 7) is 2.11.